The molecule has 1 unspecified atom stereocenters. The van der Waals surface area contributed by atoms with E-state index in [0.717, 1.165) is 38.6 Å². The average Bonchev–Trinajstić information content (AvgIpc) is 3.22. The number of esters is 1. The zero-order chi connectivity index (χ0) is 24.1. The Morgan fingerprint density at radius 1 is 1.15 bits per heavy atom. The fraction of sp³-hybridized carbons (Fsp3) is 0.565. The quantitative estimate of drug-likeness (QED) is 0.470. The Kier molecular flexibility index (Phi) is 7.39. The van der Waals surface area contributed by atoms with Crippen molar-refractivity contribution in [1.29, 1.82) is 0 Å². The van der Waals surface area contributed by atoms with Crippen LogP contribution in [0.1, 0.15) is 51.8 Å². The summed E-state index contributed by atoms with van der Waals surface area (Å²) in [7, 11) is 0. The maximum Gasteiger partial charge on any atom is 0.330 e. The Morgan fingerprint density at radius 3 is 2.68 bits per heavy atom. The molecular formula is C23H31N7O4. The average molecular weight is 470 g/mol. The summed E-state index contributed by atoms with van der Waals surface area (Å²) >= 11 is 0. The summed E-state index contributed by atoms with van der Waals surface area (Å²) in [6.45, 7) is 6.23. The van der Waals surface area contributed by atoms with E-state index in [1.165, 1.54) is 4.57 Å². The molecule has 1 fully saturated rings. The van der Waals surface area contributed by atoms with Crippen molar-refractivity contribution in [2.75, 3.05) is 18.0 Å². The predicted molar refractivity (Wildman–Crippen MR) is 127 cm³/mol. The van der Waals surface area contributed by atoms with Gasteiger partial charge in [0.05, 0.1) is 5.92 Å². The van der Waals surface area contributed by atoms with Crippen molar-refractivity contribution >= 4 is 23.1 Å². The predicted octanol–water partition coefficient (Wildman–Crippen LogP) is 1.85. The third kappa shape index (κ3) is 4.87. The number of carbonyl (C=O) groups excluding carboxylic acids is 1. The Bertz CT molecular complexity index is 1250. The van der Waals surface area contributed by atoms with E-state index in [1.54, 1.807) is 23.0 Å². The summed E-state index contributed by atoms with van der Waals surface area (Å²) in [6.07, 6.45) is 7.38. The van der Waals surface area contributed by atoms with Gasteiger partial charge in [-0.2, -0.15) is 0 Å². The van der Waals surface area contributed by atoms with Crippen molar-refractivity contribution in [3.05, 3.63) is 45.1 Å². The van der Waals surface area contributed by atoms with E-state index in [9.17, 15) is 14.4 Å². The number of H-pyrrole nitrogens is 1. The van der Waals surface area contributed by atoms with Gasteiger partial charge in [-0.3, -0.25) is 19.1 Å². The highest BCUT2D eigenvalue weighted by Crippen LogP contribution is 2.22. The first-order chi connectivity index (χ1) is 16.5. The Balaban J connectivity index is 1.55. The third-order valence-electron chi connectivity index (χ3n) is 6.08. The summed E-state index contributed by atoms with van der Waals surface area (Å²) in [5, 5.41) is 0. The smallest absolute Gasteiger partial charge is 0.330 e. The summed E-state index contributed by atoms with van der Waals surface area (Å²) in [5.74, 6) is 0.459. The Labute approximate surface area is 196 Å². The Morgan fingerprint density at radius 2 is 1.94 bits per heavy atom. The minimum Gasteiger partial charge on any atom is -0.457 e. The van der Waals surface area contributed by atoms with Crippen LogP contribution in [0.2, 0.25) is 0 Å². The van der Waals surface area contributed by atoms with Crippen LogP contribution in [0.15, 0.2) is 28.0 Å². The number of fused-ring (bicyclic) bond motifs is 1. The molecule has 11 nitrogen and oxygen atoms in total. The minimum absolute atomic E-state index is 0.0622. The van der Waals surface area contributed by atoms with Crippen LogP contribution in [0.4, 0.5) is 5.95 Å². The van der Waals surface area contributed by atoms with E-state index in [1.807, 2.05) is 18.7 Å². The van der Waals surface area contributed by atoms with Gasteiger partial charge in [0.2, 0.25) is 5.95 Å². The van der Waals surface area contributed by atoms with Gasteiger partial charge in [-0.25, -0.2) is 19.7 Å². The summed E-state index contributed by atoms with van der Waals surface area (Å²) in [6, 6.07) is 1.76. The fourth-order valence-electron chi connectivity index (χ4n) is 4.38. The van der Waals surface area contributed by atoms with Gasteiger partial charge in [-0.05, 0) is 31.7 Å². The van der Waals surface area contributed by atoms with Gasteiger partial charge in [-0.1, -0.05) is 20.3 Å². The molecular weight excluding hydrogens is 438 g/mol. The lowest BCUT2D eigenvalue weighted by atomic mass is 9.98. The van der Waals surface area contributed by atoms with Crippen LogP contribution in [-0.2, 0) is 29.2 Å². The summed E-state index contributed by atoms with van der Waals surface area (Å²) in [4.78, 5) is 55.5. The van der Waals surface area contributed by atoms with Crippen molar-refractivity contribution in [1.82, 2.24) is 29.1 Å². The number of hydrogen-bond donors (Lipinski definition) is 1. The van der Waals surface area contributed by atoms with E-state index in [0.29, 0.717) is 42.6 Å². The first-order valence-corrected chi connectivity index (χ1v) is 11.9. The molecule has 0 spiro atoms. The third-order valence-corrected chi connectivity index (χ3v) is 6.08. The van der Waals surface area contributed by atoms with E-state index >= 15 is 0 Å². The number of anilines is 1. The van der Waals surface area contributed by atoms with Gasteiger partial charge in [-0.15, -0.1) is 0 Å². The van der Waals surface area contributed by atoms with Gasteiger partial charge < -0.3 is 14.2 Å². The molecule has 1 atom stereocenters. The van der Waals surface area contributed by atoms with Crippen molar-refractivity contribution < 1.29 is 9.53 Å². The molecule has 0 aliphatic carbocycles. The summed E-state index contributed by atoms with van der Waals surface area (Å²) < 4.78 is 8.92. The van der Waals surface area contributed by atoms with E-state index in [-0.39, 0.29) is 18.5 Å². The second-order valence-corrected chi connectivity index (χ2v) is 8.56. The van der Waals surface area contributed by atoms with Gasteiger partial charge >= 0.3 is 11.7 Å². The molecule has 3 aromatic rings. The van der Waals surface area contributed by atoms with Crippen LogP contribution in [-0.4, -0.2) is 48.1 Å². The lowest BCUT2D eigenvalue weighted by Gasteiger charge is -2.31. The monoisotopic (exact) mass is 469 g/mol. The van der Waals surface area contributed by atoms with Crippen LogP contribution in [0.5, 0.6) is 0 Å². The highest BCUT2D eigenvalue weighted by molar-refractivity contribution is 5.74. The highest BCUT2D eigenvalue weighted by atomic mass is 16.5. The second kappa shape index (κ2) is 10.6. The molecule has 0 bridgehead atoms. The molecule has 0 saturated carbocycles. The van der Waals surface area contributed by atoms with Gasteiger partial charge in [0.15, 0.2) is 11.2 Å². The fourth-order valence-corrected chi connectivity index (χ4v) is 4.38. The SMILES string of the molecule is CCCCn1c(=O)[nH]c(=O)c2c1nc(COC(=O)C1CCCN(c3ncccn3)C1)n2CCC. The van der Waals surface area contributed by atoms with Gasteiger partial charge in [0.1, 0.15) is 12.4 Å². The molecule has 1 aliphatic heterocycles. The molecule has 0 radical (unpaired) electrons. The lowest BCUT2D eigenvalue weighted by molar-refractivity contribution is -0.150. The number of imidazole rings is 1. The number of nitrogens with zero attached hydrogens (tertiary/aromatic N) is 6. The van der Waals surface area contributed by atoms with Gasteiger partial charge in [0.25, 0.3) is 5.56 Å². The number of rotatable bonds is 9. The van der Waals surface area contributed by atoms with Crippen molar-refractivity contribution in [3.63, 3.8) is 0 Å². The van der Waals surface area contributed by atoms with E-state index in [2.05, 4.69) is 19.9 Å². The Hall–Kier alpha value is -3.50. The van der Waals surface area contributed by atoms with Crippen LogP contribution in [0.3, 0.4) is 0 Å². The lowest BCUT2D eigenvalue weighted by Crippen LogP contribution is -2.40. The molecule has 4 rings (SSSR count). The number of piperidine rings is 1. The molecule has 34 heavy (non-hydrogen) atoms. The van der Waals surface area contributed by atoms with Crippen LogP contribution < -0.4 is 16.1 Å². The number of carbonyl (C=O) groups is 1. The van der Waals surface area contributed by atoms with E-state index in [4.69, 9.17) is 4.74 Å². The number of unbranched alkanes of at least 4 members (excludes halogenated alkanes) is 1. The minimum atomic E-state index is -0.475. The largest absolute Gasteiger partial charge is 0.457 e. The first kappa shape index (κ1) is 23.7. The van der Waals surface area contributed by atoms with Gasteiger partial charge in [0, 0.05) is 38.6 Å². The number of aryl methyl sites for hydroxylation is 2. The zero-order valence-electron chi connectivity index (χ0n) is 19.7. The highest BCUT2D eigenvalue weighted by Gasteiger charge is 2.29. The molecule has 0 aromatic carbocycles. The van der Waals surface area contributed by atoms with Crippen molar-refractivity contribution in [2.24, 2.45) is 5.92 Å². The summed E-state index contributed by atoms with van der Waals surface area (Å²) in [5.41, 5.74) is -0.265. The van der Waals surface area contributed by atoms with Crippen LogP contribution in [0.25, 0.3) is 11.2 Å². The molecule has 1 saturated heterocycles. The van der Waals surface area contributed by atoms with Crippen molar-refractivity contribution in [3.8, 4) is 0 Å². The molecule has 0 amide bonds. The molecule has 1 N–H and O–H groups in total. The molecule has 4 heterocycles. The molecule has 182 valence electrons. The van der Waals surface area contributed by atoms with Crippen LogP contribution >= 0.6 is 0 Å². The number of aromatic nitrogens is 6. The molecule has 3 aromatic heterocycles. The van der Waals surface area contributed by atoms with Crippen molar-refractivity contribution in [2.45, 2.75) is 65.6 Å². The number of aromatic amines is 1. The van der Waals surface area contributed by atoms with E-state index < -0.39 is 11.2 Å². The normalized spacial score (nSPS) is 16.2. The maximum absolute atomic E-state index is 12.9. The second-order valence-electron chi connectivity index (χ2n) is 8.56. The van der Waals surface area contributed by atoms with Crippen LogP contribution in [0, 0.1) is 5.92 Å². The number of hydrogen-bond acceptors (Lipinski definition) is 8. The number of nitrogens with one attached hydrogen (secondary N) is 1. The maximum atomic E-state index is 12.9. The zero-order valence-corrected chi connectivity index (χ0v) is 19.7. The topological polar surface area (TPSA) is 128 Å². The standard InChI is InChI=1S/C23H31N7O4/c1-3-5-13-30-19-18(20(31)27-23(30)33)29(11-4-2)17(26-19)15-34-21(32)16-8-6-12-28(14-16)22-24-9-7-10-25-22/h7,9-10,16H,3-6,8,11-15H2,1-2H3,(H,27,31,33). The number of ether oxygens (including phenoxy) is 1. The first-order valence-electron chi connectivity index (χ1n) is 11.9. The molecule has 1 aliphatic rings. The molecule has 11 heteroatoms.